The molecule has 4 nitrogen and oxygen atoms in total. The monoisotopic (exact) mass is 372 g/mol. The minimum absolute atomic E-state index is 0.318. The van der Waals surface area contributed by atoms with Crippen LogP contribution in [0.5, 0.6) is 0 Å². The number of nitrogens with zero attached hydrogens (tertiary/aromatic N) is 2. The van der Waals surface area contributed by atoms with E-state index >= 15 is 0 Å². The Morgan fingerprint density at radius 1 is 0.926 bits per heavy atom. The second-order valence-corrected chi connectivity index (χ2v) is 6.08. The smallest absolute Gasteiger partial charge is 0.354 e. The fraction of sp³-hybridized carbons (Fsp3) is 0.200. The third-order valence-electron chi connectivity index (χ3n) is 3.86. The van der Waals surface area contributed by atoms with Crippen LogP contribution in [0, 0.1) is 6.92 Å². The molecule has 0 saturated heterocycles. The zero-order chi connectivity index (χ0) is 19.3. The van der Waals surface area contributed by atoms with Crippen LogP contribution in [0.3, 0.4) is 0 Å². The lowest BCUT2D eigenvalue weighted by molar-refractivity contribution is -0.137. The number of halogens is 3. The van der Waals surface area contributed by atoms with E-state index in [1.165, 1.54) is 11.6 Å². The number of hydrogen-bond donors (Lipinski definition) is 2. The van der Waals surface area contributed by atoms with E-state index in [2.05, 4.69) is 20.6 Å². The largest absolute Gasteiger partial charge is 0.416 e. The van der Waals surface area contributed by atoms with Gasteiger partial charge in [0.15, 0.2) is 0 Å². The van der Waals surface area contributed by atoms with Crippen LogP contribution in [0.2, 0.25) is 0 Å². The number of aryl methyl sites for hydroxylation is 1. The molecule has 1 heterocycles. The predicted molar refractivity (Wildman–Crippen MR) is 100 cm³/mol. The molecule has 0 aliphatic heterocycles. The molecular weight excluding hydrogens is 353 g/mol. The Morgan fingerprint density at radius 3 is 2.44 bits per heavy atom. The second-order valence-electron chi connectivity index (χ2n) is 6.08. The molecule has 7 heteroatoms. The summed E-state index contributed by atoms with van der Waals surface area (Å²) in [5.41, 5.74) is 1.51. The number of hydrogen-bond acceptors (Lipinski definition) is 4. The molecule has 0 unspecified atom stereocenters. The lowest BCUT2D eigenvalue weighted by atomic mass is 10.1. The van der Waals surface area contributed by atoms with Crippen molar-refractivity contribution in [3.05, 3.63) is 77.5 Å². The summed E-state index contributed by atoms with van der Waals surface area (Å²) in [5, 5.41) is 6.07. The van der Waals surface area contributed by atoms with Crippen molar-refractivity contribution in [3.63, 3.8) is 0 Å². The minimum atomic E-state index is -4.39. The summed E-state index contributed by atoms with van der Waals surface area (Å²) in [6.45, 7) is 2.46. The number of nitrogens with one attached hydrogen (secondary N) is 2. The predicted octanol–water partition coefficient (Wildman–Crippen LogP) is 5.20. The van der Waals surface area contributed by atoms with Crippen molar-refractivity contribution >= 4 is 17.5 Å². The molecule has 0 amide bonds. The van der Waals surface area contributed by atoms with Gasteiger partial charge in [-0.3, -0.25) is 0 Å². The molecule has 0 saturated carbocycles. The van der Waals surface area contributed by atoms with E-state index < -0.39 is 11.7 Å². The fourth-order valence-electron chi connectivity index (χ4n) is 2.60. The van der Waals surface area contributed by atoms with Crippen LogP contribution in [0.4, 0.5) is 30.6 Å². The van der Waals surface area contributed by atoms with Gasteiger partial charge in [0, 0.05) is 24.0 Å². The fourth-order valence-corrected chi connectivity index (χ4v) is 2.60. The molecule has 2 N–H and O–H groups in total. The van der Waals surface area contributed by atoms with E-state index in [1.54, 1.807) is 19.1 Å². The Kier molecular flexibility index (Phi) is 5.59. The normalized spacial score (nSPS) is 11.3. The lowest BCUT2D eigenvalue weighted by Gasteiger charge is -2.12. The molecule has 3 aromatic rings. The van der Waals surface area contributed by atoms with Crippen molar-refractivity contribution in [2.24, 2.45) is 0 Å². The molecule has 0 bridgehead atoms. The van der Waals surface area contributed by atoms with Gasteiger partial charge in [-0.05, 0) is 37.1 Å². The molecule has 0 aliphatic carbocycles. The topological polar surface area (TPSA) is 49.8 Å². The van der Waals surface area contributed by atoms with Crippen LogP contribution in [0.25, 0.3) is 0 Å². The van der Waals surface area contributed by atoms with Gasteiger partial charge in [-0.25, -0.2) is 4.98 Å². The van der Waals surface area contributed by atoms with Crippen molar-refractivity contribution in [2.45, 2.75) is 19.5 Å². The zero-order valence-electron chi connectivity index (χ0n) is 14.7. The highest BCUT2D eigenvalue weighted by Gasteiger charge is 2.30. The quantitative estimate of drug-likeness (QED) is 0.624. The third kappa shape index (κ3) is 5.44. The summed E-state index contributed by atoms with van der Waals surface area (Å²) >= 11 is 0. The maximum absolute atomic E-state index is 12.9. The van der Waals surface area contributed by atoms with E-state index in [1.807, 2.05) is 30.3 Å². The van der Waals surface area contributed by atoms with Gasteiger partial charge in [0.2, 0.25) is 5.95 Å². The lowest BCUT2D eigenvalue weighted by Crippen LogP contribution is -2.10. The number of benzene rings is 2. The van der Waals surface area contributed by atoms with Gasteiger partial charge in [0.1, 0.15) is 5.82 Å². The molecule has 0 spiro atoms. The standard InChI is InChI=1S/C20H19F3N4/c1-14-12-18(26-17-9-5-8-16(13-17)20(21,22)23)27-19(25-14)24-11-10-15-6-3-2-4-7-15/h2-9,12-13H,10-11H2,1H3,(H2,24,25,26,27). The molecule has 1 aromatic heterocycles. The summed E-state index contributed by atoms with van der Waals surface area (Å²) in [7, 11) is 0. The Morgan fingerprint density at radius 2 is 1.70 bits per heavy atom. The average molecular weight is 372 g/mol. The second kappa shape index (κ2) is 8.07. The Hall–Kier alpha value is -3.09. The molecule has 0 fully saturated rings. The molecule has 0 radical (unpaired) electrons. The van der Waals surface area contributed by atoms with E-state index in [0.29, 0.717) is 29.7 Å². The van der Waals surface area contributed by atoms with Crippen LogP contribution in [-0.4, -0.2) is 16.5 Å². The molecule has 27 heavy (non-hydrogen) atoms. The van der Waals surface area contributed by atoms with E-state index in [4.69, 9.17) is 0 Å². The Labute approximate surface area is 155 Å². The maximum Gasteiger partial charge on any atom is 0.416 e. The summed E-state index contributed by atoms with van der Waals surface area (Å²) in [5.74, 6) is 0.865. The van der Waals surface area contributed by atoms with E-state index in [0.717, 1.165) is 18.6 Å². The highest BCUT2D eigenvalue weighted by Crippen LogP contribution is 2.31. The minimum Gasteiger partial charge on any atom is -0.354 e. The molecule has 0 aliphatic rings. The van der Waals surface area contributed by atoms with Gasteiger partial charge >= 0.3 is 6.18 Å². The number of rotatable bonds is 6. The Bertz CT molecular complexity index is 895. The van der Waals surface area contributed by atoms with Crippen molar-refractivity contribution in [3.8, 4) is 0 Å². The van der Waals surface area contributed by atoms with Gasteiger partial charge in [-0.15, -0.1) is 0 Å². The van der Waals surface area contributed by atoms with Crippen molar-refractivity contribution in [1.29, 1.82) is 0 Å². The van der Waals surface area contributed by atoms with E-state index in [-0.39, 0.29) is 0 Å². The van der Waals surface area contributed by atoms with Crippen LogP contribution >= 0.6 is 0 Å². The summed E-state index contributed by atoms with van der Waals surface area (Å²) in [6, 6.07) is 16.7. The van der Waals surface area contributed by atoms with Crippen LogP contribution < -0.4 is 10.6 Å². The maximum atomic E-state index is 12.9. The first-order valence-electron chi connectivity index (χ1n) is 8.48. The average Bonchev–Trinajstić information content (AvgIpc) is 2.62. The summed E-state index contributed by atoms with van der Waals surface area (Å²) < 4.78 is 38.6. The SMILES string of the molecule is Cc1cc(Nc2cccc(C(F)(F)F)c2)nc(NCCc2ccccc2)n1. The first-order chi connectivity index (χ1) is 12.9. The van der Waals surface area contributed by atoms with Crippen molar-refractivity contribution in [2.75, 3.05) is 17.2 Å². The van der Waals surface area contributed by atoms with Gasteiger partial charge in [-0.1, -0.05) is 36.4 Å². The van der Waals surface area contributed by atoms with Gasteiger partial charge in [0.25, 0.3) is 0 Å². The van der Waals surface area contributed by atoms with Crippen LogP contribution in [0.1, 0.15) is 16.8 Å². The highest BCUT2D eigenvalue weighted by atomic mass is 19.4. The zero-order valence-corrected chi connectivity index (χ0v) is 14.7. The van der Waals surface area contributed by atoms with Crippen LogP contribution in [0.15, 0.2) is 60.7 Å². The van der Waals surface area contributed by atoms with Crippen molar-refractivity contribution in [1.82, 2.24) is 9.97 Å². The number of aromatic nitrogens is 2. The van der Waals surface area contributed by atoms with Crippen molar-refractivity contribution < 1.29 is 13.2 Å². The molecule has 2 aromatic carbocycles. The molecular formula is C20H19F3N4. The number of anilines is 3. The summed E-state index contributed by atoms with van der Waals surface area (Å²) in [6.07, 6.45) is -3.57. The Balaban J connectivity index is 1.68. The third-order valence-corrected chi connectivity index (χ3v) is 3.86. The molecule has 0 atom stereocenters. The number of alkyl halides is 3. The summed E-state index contributed by atoms with van der Waals surface area (Å²) in [4.78, 5) is 8.66. The van der Waals surface area contributed by atoms with Gasteiger partial charge in [0.05, 0.1) is 5.56 Å². The van der Waals surface area contributed by atoms with E-state index in [9.17, 15) is 13.2 Å². The first-order valence-corrected chi connectivity index (χ1v) is 8.48. The van der Waals surface area contributed by atoms with Gasteiger partial charge < -0.3 is 10.6 Å². The highest BCUT2D eigenvalue weighted by molar-refractivity contribution is 5.58. The van der Waals surface area contributed by atoms with Gasteiger partial charge in [-0.2, -0.15) is 18.2 Å². The molecule has 140 valence electrons. The first kappa shape index (κ1) is 18.7. The van der Waals surface area contributed by atoms with Crippen LogP contribution in [-0.2, 0) is 12.6 Å². The molecule has 3 rings (SSSR count).